The predicted molar refractivity (Wildman–Crippen MR) is 117 cm³/mol. The van der Waals surface area contributed by atoms with E-state index < -0.39 is 0 Å². The molecule has 1 fully saturated rings. The van der Waals surface area contributed by atoms with Crippen LogP contribution in [0.1, 0.15) is 18.4 Å². The number of hydrogen-bond acceptors (Lipinski definition) is 3. The number of benzene rings is 3. The lowest BCUT2D eigenvalue weighted by Gasteiger charge is -2.31. The fraction of sp³-hybridized carbons (Fsp3) is 0.280. The average molecular weight is 402 g/mol. The van der Waals surface area contributed by atoms with E-state index >= 15 is 0 Å². The first-order valence-corrected chi connectivity index (χ1v) is 10.4. The predicted octanol–water partition coefficient (Wildman–Crippen LogP) is 3.77. The zero-order chi connectivity index (χ0) is 20.8. The van der Waals surface area contributed by atoms with Crippen molar-refractivity contribution in [1.29, 1.82) is 0 Å². The zero-order valence-corrected chi connectivity index (χ0v) is 16.9. The van der Waals surface area contributed by atoms with E-state index in [4.69, 9.17) is 4.74 Å². The number of nitrogens with zero attached hydrogens (tertiary/aromatic N) is 1. The molecule has 0 aliphatic carbocycles. The van der Waals surface area contributed by atoms with E-state index in [0.717, 1.165) is 16.3 Å². The highest BCUT2D eigenvalue weighted by Gasteiger charge is 2.27. The lowest BCUT2D eigenvalue weighted by molar-refractivity contribution is -0.137. The van der Waals surface area contributed by atoms with Crippen LogP contribution in [0, 0.1) is 5.92 Å². The summed E-state index contributed by atoms with van der Waals surface area (Å²) in [6.07, 6.45) is 1.37. The van der Waals surface area contributed by atoms with Crippen molar-refractivity contribution in [2.45, 2.75) is 19.4 Å². The fourth-order valence-corrected chi connectivity index (χ4v) is 3.81. The van der Waals surface area contributed by atoms with Crippen LogP contribution in [-0.2, 0) is 16.1 Å². The van der Waals surface area contributed by atoms with E-state index in [1.807, 2.05) is 72.8 Å². The first kappa shape index (κ1) is 20.0. The largest absolute Gasteiger partial charge is 0.484 e. The summed E-state index contributed by atoms with van der Waals surface area (Å²) in [4.78, 5) is 26.7. The molecule has 1 N–H and O–H groups in total. The maximum absolute atomic E-state index is 12.5. The molecular formula is C25H26N2O3. The Morgan fingerprint density at radius 2 is 1.60 bits per heavy atom. The Hall–Kier alpha value is -3.34. The number of ether oxygens (including phenoxy) is 1. The van der Waals surface area contributed by atoms with Crippen LogP contribution in [0.15, 0.2) is 72.8 Å². The SMILES string of the molecule is O=C(NCc1ccccc1)C1CCN(C(=O)COc2ccc3ccccc3c2)CC1. The standard InChI is InChI=1S/C25H26N2O3/c28-24(18-30-23-11-10-20-8-4-5-9-22(20)16-23)27-14-12-21(13-15-27)25(29)26-17-19-6-2-1-3-7-19/h1-11,16,21H,12-15,17-18H2,(H,26,29). The monoisotopic (exact) mass is 402 g/mol. The Labute approximate surface area is 176 Å². The number of fused-ring (bicyclic) bond motifs is 1. The van der Waals surface area contributed by atoms with Gasteiger partial charge in [-0.2, -0.15) is 0 Å². The third-order valence-electron chi connectivity index (χ3n) is 5.61. The number of nitrogens with one attached hydrogen (secondary N) is 1. The number of amides is 2. The summed E-state index contributed by atoms with van der Waals surface area (Å²) < 4.78 is 5.72. The molecule has 3 aromatic rings. The highest BCUT2D eigenvalue weighted by molar-refractivity contribution is 5.84. The molecule has 0 aromatic heterocycles. The molecule has 2 amide bonds. The molecule has 0 spiro atoms. The third kappa shape index (κ3) is 4.98. The van der Waals surface area contributed by atoms with Gasteiger partial charge in [0.05, 0.1) is 0 Å². The topological polar surface area (TPSA) is 58.6 Å². The van der Waals surface area contributed by atoms with Crippen LogP contribution in [0.2, 0.25) is 0 Å². The molecule has 3 aromatic carbocycles. The van der Waals surface area contributed by atoms with Crippen LogP contribution in [-0.4, -0.2) is 36.4 Å². The van der Waals surface area contributed by atoms with E-state index in [1.165, 1.54) is 0 Å². The number of likely N-dealkylation sites (tertiary alicyclic amines) is 1. The van der Waals surface area contributed by atoms with Gasteiger partial charge in [0.15, 0.2) is 6.61 Å². The molecule has 30 heavy (non-hydrogen) atoms. The van der Waals surface area contributed by atoms with Crippen molar-refractivity contribution < 1.29 is 14.3 Å². The van der Waals surface area contributed by atoms with E-state index in [-0.39, 0.29) is 24.3 Å². The van der Waals surface area contributed by atoms with Crippen molar-refractivity contribution in [3.05, 3.63) is 78.4 Å². The number of carbonyl (C=O) groups excluding carboxylic acids is 2. The van der Waals surface area contributed by atoms with Gasteiger partial charge in [0, 0.05) is 25.6 Å². The Morgan fingerprint density at radius 1 is 0.900 bits per heavy atom. The summed E-state index contributed by atoms with van der Waals surface area (Å²) in [5, 5.41) is 5.24. The summed E-state index contributed by atoms with van der Waals surface area (Å²) in [5.74, 6) is 0.682. The van der Waals surface area contributed by atoms with Gasteiger partial charge in [-0.25, -0.2) is 0 Å². The second-order valence-corrected chi connectivity index (χ2v) is 7.66. The molecule has 4 rings (SSSR count). The van der Waals surface area contributed by atoms with Crippen molar-refractivity contribution >= 4 is 22.6 Å². The first-order valence-electron chi connectivity index (χ1n) is 10.4. The third-order valence-corrected chi connectivity index (χ3v) is 5.61. The van der Waals surface area contributed by atoms with Gasteiger partial charge in [-0.3, -0.25) is 9.59 Å². The second-order valence-electron chi connectivity index (χ2n) is 7.66. The first-order chi connectivity index (χ1) is 14.7. The van der Waals surface area contributed by atoms with Gasteiger partial charge in [-0.05, 0) is 41.3 Å². The van der Waals surface area contributed by atoms with Gasteiger partial charge in [0.1, 0.15) is 5.75 Å². The van der Waals surface area contributed by atoms with Gasteiger partial charge >= 0.3 is 0 Å². The number of rotatable bonds is 6. The van der Waals surface area contributed by atoms with E-state index in [2.05, 4.69) is 5.32 Å². The quantitative estimate of drug-likeness (QED) is 0.683. The smallest absolute Gasteiger partial charge is 0.260 e. The van der Waals surface area contributed by atoms with Gasteiger partial charge in [0.2, 0.25) is 5.91 Å². The van der Waals surface area contributed by atoms with E-state index in [0.29, 0.717) is 38.2 Å². The Bertz CT molecular complexity index is 1010. The Morgan fingerprint density at radius 3 is 2.37 bits per heavy atom. The normalized spacial score (nSPS) is 14.5. The minimum atomic E-state index is -0.0424. The van der Waals surface area contributed by atoms with Crippen LogP contribution in [0.3, 0.4) is 0 Å². The van der Waals surface area contributed by atoms with Gasteiger partial charge in [-0.15, -0.1) is 0 Å². The maximum Gasteiger partial charge on any atom is 0.260 e. The lowest BCUT2D eigenvalue weighted by atomic mass is 9.96. The average Bonchev–Trinajstić information content (AvgIpc) is 2.81. The zero-order valence-electron chi connectivity index (χ0n) is 16.9. The van der Waals surface area contributed by atoms with Crippen LogP contribution in [0.25, 0.3) is 10.8 Å². The molecular weight excluding hydrogens is 376 g/mol. The molecule has 0 unspecified atom stereocenters. The number of hydrogen-bond donors (Lipinski definition) is 1. The minimum Gasteiger partial charge on any atom is -0.484 e. The van der Waals surface area contributed by atoms with Crippen molar-refractivity contribution in [3.63, 3.8) is 0 Å². The highest BCUT2D eigenvalue weighted by atomic mass is 16.5. The van der Waals surface area contributed by atoms with Gasteiger partial charge < -0.3 is 15.0 Å². The van der Waals surface area contributed by atoms with Crippen molar-refractivity contribution in [1.82, 2.24) is 10.2 Å². The van der Waals surface area contributed by atoms with Crippen molar-refractivity contribution in [2.24, 2.45) is 5.92 Å². The van der Waals surface area contributed by atoms with Crippen molar-refractivity contribution in [2.75, 3.05) is 19.7 Å². The molecule has 1 saturated heterocycles. The van der Waals surface area contributed by atoms with E-state index in [1.54, 1.807) is 4.90 Å². The second kappa shape index (κ2) is 9.44. The van der Waals surface area contributed by atoms with Gasteiger partial charge in [-0.1, -0.05) is 60.7 Å². The van der Waals surface area contributed by atoms with E-state index in [9.17, 15) is 9.59 Å². The molecule has 1 aliphatic heterocycles. The van der Waals surface area contributed by atoms with Crippen LogP contribution in [0.4, 0.5) is 0 Å². The summed E-state index contributed by atoms with van der Waals surface area (Å²) in [5.41, 5.74) is 1.09. The molecule has 1 aliphatic rings. The maximum atomic E-state index is 12.5. The highest BCUT2D eigenvalue weighted by Crippen LogP contribution is 2.21. The molecule has 0 radical (unpaired) electrons. The molecule has 0 saturated carbocycles. The van der Waals surface area contributed by atoms with Crippen LogP contribution in [0.5, 0.6) is 5.75 Å². The van der Waals surface area contributed by atoms with Crippen LogP contribution < -0.4 is 10.1 Å². The molecule has 5 nitrogen and oxygen atoms in total. The molecule has 1 heterocycles. The number of piperidine rings is 1. The molecule has 0 bridgehead atoms. The summed E-state index contributed by atoms with van der Waals surface area (Å²) >= 11 is 0. The van der Waals surface area contributed by atoms with Gasteiger partial charge in [0.25, 0.3) is 5.91 Å². The summed E-state index contributed by atoms with van der Waals surface area (Å²) in [6, 6.07) is 23.8. The minimum absolute atomic E-state index is 0.0171. The lowest BCUT2D eigenvalue weighted by Crippen LogP contribution is -2.44. The van der Waals surface area contributed by atoms with Crippen LogP contribution >= 0.6 is 0 Å². The fourth-order valence-electron chi connectivity index (χ4n) is 3.81. The van der Waals surface area contributed by atoms with Crippen molar-refractivity contribution in [3.8, 4) is 5.75 Å². The molecule has 0 atom stereocenters. The summed E-state index contributed by atoms with van der Waals surface area (Å²) in [6.45, 7) is 1.73. The Balaban J connectivity index is 1.22. The summed E-state index contributed by atoms with van der Waals surface area (Å²) in [7, 11) is 0. The molecule has 5 heteroatoms. The number of carbonyl (C=O) groups is 2. The Kier molecular flexibility index (Phi) is 6.28. The molecule has 154 valence electrons.